The van der Waals surface area contributed by atoms with Crippen LogP contribution in [0.4, 0.5) is 4.79 Å². The van der Waals surface area contributed by atoms with E-state index in [1.165, 1.54) is 33.4 Å². The van der Waals surface area contributed by atoms with Crippen LogP contribution in [0.2, 0.25) is 10.0 Å². The van der Waals surface area contributed by atoms with E-state index in [0.29, 0.717) is 40.7 Å². The fourth-order valence-electron chi connectivity index (χ4n) is 5.91. The minimum absolute atomic E-state index is 0.0154. The summed E-state index contributed by atoms with van der Waals surface area (Å²) in [5.41, 5.74) is 7.18. The summed E-state index contributed by atoms with van der Waals surface area (Å²) >= 11 is 12.6. The fourth-order valence-corrected chi connectivity index (χ4v) is 7.30. The molecular formula is C33H38Cl2N6O7S. The monoisotopic (exact) mass is 732 g/mol. The smallest absolute Gasteiger partial charge is 0.326 e. The van der Waals surface area contributed by atoms with Crippen LogP contribution in [-0.2, 0) is 19.7 Å². The summed E-state index contributed by atoms with van der Waals surface area (Å²) in [4.78, 5) is 41.6. The van der Waals surface area contributed by atoms with Crippen molar-refractivity contribution < 1.29 is 32.3 Å². The number of methoxy groups -OCH3 is 1. The number of urea groups is 1. The number of hydroxylamine groups is 1. The third kappa shape index (κ3) is 7.64. The van der Waals surface area contributed by atoms with E-state index in [0.717, 1.165) is 11.1 Å². The van der Waals surface area contributed by atoms with Crippen LogP contribution < -0.4 is 15.2 Å². The lowest BCUT2D eigenvalue weighted by molar-refractivity contribution is -0.119. The average molecular weight is 734 g/mol. The number of benzene rings is 3. The molecule has 3 aromatic rings. The third-order valence-electron chi connectivity index (χ3n) is 8.40. The molecule has 0 spiro atoms. The second kappa shape index (κ2) is 15.3. The number of carbonyl (C=O) groups excluding carboxylic acids is 2. The molecule has 16 heteroatoms. The lowest BCUT2D eigenvalue weighted by Crippen LogP contribution is -2.55. The van der Waals surface area contributed by atoms with E-state index in [1.807, 2.05) is 29.2 Å². The van der Waals surface area contributed by atoms with Gasteiger partial charge in [0.2, 0.25) is 5.91 Å². The number of ether oxygens (including phenoxy) is 2. The number of nitrogens with two attached hydrogens (primary N) is 1. The van der Waals surface area contributed by atoms with Gasteiger partial charge in [0, 0.05) is 49.3 Å². The van der Waals surface area contributed by atoms with Crippen molar-refractivity contribution in [3.8, 4) is 11.5 Å². The second-order valence-corrected chi connectivity index (χ2v) is 14.1. The van der Waals surface area contributed by atoms with Crippen LogP contribution in [0.3, 0.4) is 0 Å². The van der Waals surface area contributed by atoms with Crippen molar-refractivity contribution in [3.63, 3.8) is 0 Å². The Morgan fingerprint density at radius 2 is 1.53 bits per heavy atom. The molecule has 1 fully saturated rings. The average Bonchev–Trinajstić information content (AvgIpc) is 3.48. The van der Waals surface area contributed by atoms with E-state index >= 15 is 0 Å². The van der Waals surface area contributed by atoms with Crippen molar-refractivity contribution in [1.29, 1.82) is 0 Å². The number of aliphatic imine (C=N–C) groups is 1. The van der Waals surface area contributed by atoms with Gasteiger partial charge in [0.1, 0.15) is 28.3 Å². The number of hydrogen-bond donors (Lipinski definition) is 1. The molecule has 49 heavy (non-hydrogen) atoms. The van der Waals surface area contributed by atoms with Crippen molar-refractivity contribution in [1.82, 2.24) is 19.2 Å². The minimum Gasteiger partial charge on any atom is -0.495 e. The number of rotatable bonds is 11. The van der Waals surface area contributed by atoms with Gasteiger partial charge in [-0.15, -0.1) is 0 Å². The summed E-state index contributed by atoms with van der Waals surface area (Å²) in [6, 6.07) is 15.5. The topological polar surface area (TPSA) is 147 Å². The molecule has 3 aromatic carbocycles. The van der Waals surface area contributed by atoms with E-state index in [-0.39, 0.29) is 47.0 Å². The van der Waals surface area contributed by atoms with Crippen molar-refractivity contribution >= 4 is 51.0 Å². The number of nitrogens with zero attached hydrogens (tertiary/aromatic N) is 5. The Hall–Kier alpha value is -3.92. The van der Waals surface area contributed by atoms with Gasteiger partial charge in [-0.05, 0) is 48.4 Å². The molecule has 0 bridgehead atoms. The normalized spacial score (nSPS) is 18.5. The Kier molecular flexibility index (Phi) is 11.4. The largest absolute Gasteiger partial charge is 0.495 e. The molecule has 13 nitrogen and oxygen atoms in total. The molecule has 0 saturated carbocycles. The van der Waals surface area contributed by atoms with Crippen LogP contribution in [0.15, 0.2) is 70.6 Å². The van der Waals surface area contributed by atoms with Gasteiger partial charge in [-0.3, -0.25) is 24.4 Å². The second-order valence-electron chi connectivity index (χ2n) is 11.4. The zero-order valence-electron chi connectivity index (χ0n) is 27.5. The highest BCUT2D eigenvalue weighted by Gasteiger charge is 2.45. The van der Waals surface area contributed by atoms with Gasteiger partial charge >= 0.3 is 6.03 Å². The molecule has 0 aromatic heterocycles. The number of carbonyl (C=O) groups is 2. The SMILES string of the molecule is CCOc1cc(OC)c(S(=O)(=O)N(C)OC)cc1C1=N[C@@H](c2ccc(Cl)cc2)[C@@H](c2ccc(Cl)cc2)N1C(=O)N1CCN(CC(N)=O)CC1. The Morgan fingerprint density at radius 3 is 2.06 bits per heavy atom. The summed E-state index contributed by atoms with van der Waals surface area (Å²) in [7, 11) is -0.394. The predicted octanol–water partition coefficient (Wildman–Crippen LogP) is 4.35. The zero-order valence-corrected chi connectivity index (χ0v) is 29.8. The van der Waals surface area contributed by atoms with Gasteiger partial charge in [0.15, 0.2) is 0 Å². The van der Waals surface area contributed by atoms with Crippen molar-refractivity contribution in [2.75, 3.05) is 60.6 Å². The van der Waals surface area contributed by atoms with Gasteiger partial charge in [0.25, 0.3) is 10.0 Å². The Balaban J connectivity index is 1.74. The minimum atomic E-state index is -4.24. The lowest BCUT2D eigenvalue weighted by atomic mass is 9.93. The highest BCUT2D eigenvalue weighted by atomic mass is 35.5. The molecule has 3 amide bonds. The molecule has 1 saturated heterocycles. The summed E-state index contributed by atoms with van der Waals surface area (Å²) < 4.78 is 39.6. The number of amidine groups is 1. The van der Waals surface area contributed by atoms with E-state index in [4.69, 9.17) is 48.2 Å². The maximum Gasteiger partial charge on any atom is 0.326 e. The highest BCUT2D eigenvalue weighted by Crippen LogP contribution is 2.46. The summed E-state index contributed by atoms with van der Waals surface area (Å²) in [5.74, 6) is 0.0109. The first kappa shape index (κ1) is 36.4. The van der Waals surface area contributed by atoms with Gasteiger partial charge in [-0.2, -0.15) is 0 Å². The molecule has 0 aliphatic carbocycles. The molecule has 0 radical (unpaired) electrons. The summed E-state index contributed by atoms with van der Waals surface area (Å²) in [6.07, 6.45) is 0. The molecule has 2 atom stereocenters. The van der Waals surface area contributed by atoms with Crippen molar-refractivity contribution in [2.45, 2.75) is 23.9 Å². The number of primary amides is 1. The third-order valence-corrected chi connectivity index (χ3v) is 10.6. The van der Waals surface area contributed by atoms with Gasteiger partial charge in [0.05, 0.1) is 39.0 Å². The maximum atomic E-state index is 14.8. The van der Waals surface area contributed by atoms with Gasteiger partial charge in [-0.1, -0.05) is 51.9 Å². The van der Waals surface area contributed by atoms with Crippen LogP contribution in [0.1, 0.15) is 35.7 Å². The molecule has 262 valence electrons. The molecule has 2 N–H and O–H groups in total. The van der Waals surface area contributed by atoms with Crippen LogP contribution in [-0.4, -0.2) is 106 Å². The predicted molar refractivity (Wildman–Crippen MR) is 185 cm³/mol. The first-order valence-electron chi connectivity index (χ1n) is 15.4. The van der Waals surface area contributed by atoms with Gasteiger partial charge in [-0.25, -0.2) is 13.2 Å². The quantitative estimate of drug-likeness (QED) is 0.287. The van der Waals surface area contributed by atoms with E-state index in [2.05, 4.69) is 0 Å². The number of halogens is 2. The molecule has 2 aliphatic heterocycles. The van der Waals surface area contributed by atoms with Crippen molar-refractivity contribution in [2.24, 2.45) is 10.7 Å². The highest BCUT2D eigenvalue weighted by molar-refractivity contribution is 7.89. The summed E-state index contributed by atoms with van der Waals surface area (Å²) in [6.45, 7) is 3.59. The maximum absolute atomic E-state index is 14.8. The number of hydrogen-bond acceptors (Lipinski definition) is 9. The number of sulfonamides is 1. The Morgan fingerprint density at radius 1 is 0.939 bits per heavy atom. The molecule has 2 heterocycles. The Labute approximate surface area is 295 Å². The molecule has 2 aliphatic rings. The number of amides is 3. The fraction of sp³-hybridized carbons (Fsp3) is 0.364. The molecule has 5 rings (SSSR count). The van der Waals surface area contributed by atoms with E-state index < -0.39 is 28.0 Å². The standard InChI is InChI=1S/C33H38Cl2N6O7S/c1-5-48-26-19-27(46-3)28(49(44,45)38(2)47-4)18-25(26)32-37-30(21-6-10-23(34)11-7-21)31(22-8-12-24(35)13-9-22)41(32)33(43)40-16-14-39(15-17-40)20-29(36)42/h6-13,18-19,30-31H,5,14-17,20H2,1-4H3,(H2,36,42)/t30-,31+/m0/s1. The first-order valence-corrected chi connectivity index (χ1v) is 17.6. The first-order chi connectivity index (χ1) is 23.4. The lowest BCUT2D eigenvalue weighted by Gasteiger charge is -2.38. The molecule has 0 unspecified atom stereocenters. The van der Waals surface area contributed by atoms with E-state index in [9.17, 15) is 18.0 Å². The van der Waals surface area contributed by atoms with Crippen LogP contribution in [0.5, 0.6) is 11.5 Å². The van der Waals surface area contributed by atoms with Crippen LogP contribution >= 0.6 is 23.2 Å². The van der Waals surface area contributed by atoms with Gasteiger partial charge < -0.3 is 20.1 Å². The molecular weight excluding hydrogens is 695 g/mol. The zero-order chi connectivity index (χ0) is 35.5. The number of piperazine rings is 1. The summed E-state index contributed by atoms with van der Waals surface area (Å²) in [5, 5.41) is 1.04. The van der Waals surface area contributed by atoms with Crippen LogP contribution in [0.25, 0.3) is 0 Å². The Bertz CT molecular complexity index is 1820. The van der Waals surface area contributed by atoms with Crippen molar-refractivity contribution in [3.05, 3.63) is 87.4 Å². The van der Waals surface area contributed by atoms with E-state index in [1.54, 1.807) is 41.0 Å². The van der Waals surface area contributed by atoms with Crippen LogP contribution in [0, 0.1) is 0 Å².